The Bertz CT molecular complexity index is 928. The minimum atomic E-state index is -0.188. The van der Waals surface area contributed by atoms with E-state index in [0.29, 0.717) is 6.61 Å². The minimum Gasteiger partial charge on any atom is -0.375 e. The molecule has 4 rings (SSSR count). The van der Waals surface area contributed by atoms with E-state index in [0.717, 1.165) is 34.8 Å². The maximum absolute atomic E-state index is 12.9. The van der Waals surface area contributed by atoms with Crippen molar-refractivity contribution in [2.24, 2.45) is 4.99 Å². The number of hydrogen-bond acceptors (Lipinski definition) is 5. The van der Waals surface area contributed by atoms with Crippen LogP contribution in [-0.2, 0) is 4.74 Å². The molecular weight excluding hydrogens is 378 g/mol. The average molecular weight is 404 g/mol. The fourth-order valence-electron chi connectivity index (χ4n) is 3.91. The first-order valence-corrected chi connectivity index (χ1v) is 11.3. The van der Waals surface area contributed by atoms with Gasteiger partial charge in [-0.15, -0.1) is 11.8 Å². The minimum absolute atomic E-state index is 0.0220. The molecule has 1 N–H and O–H groups in total. The molecule has 144 valence electrons. The van der Waals surface area contributed by atoms with Gasteiger partial charge in [0.1, 0.15) is 0 Å². The molecule has 0 bridgehead atoms. The second kappa shape index (κ2) is 7.18. The molecule has 7 heteroatoms. The van der Waals surface area contributed by atoms with Crippen molar-refractivity contribution in [2.75, 3.05) is 12.9 Å². The molecule has 3 heterocycles. The van der Waals surface area contributed by atoms with E-state index in [4.69, 9.17) is 9.73 Å². The summed E-state index contributed by atoms with van der Waals surface area (Å²) in [6, 6.07) is 8.69. The number of thioether (sulfide) groups is 2. The Kier molecular flexibility index (Phi) is 5.03. The second-order valence-corrected chi connectivity index (χ2v) is 9.88. The zero-order valence-corrected chi connectivity index (χ0v) is 17.7. The first-order valence-electron chi connectivity index (χ1n) is 9.22. The maximum Gasteiger partial charge on any atom is 0.271 e. The second-order valence-electron chi connectivity index (χ2n) is 7.70. The number of H-pyrrole nitrogens is 1. The van der Waals surface area contributed by atoms with Crippen LogP contribution < -0.4 is 5.56 Å². The molecule has 1 aromatic heterocycles. The van der Waals surface area contributed by atoms with Gasteiger partial charge in [-0.2, -0.15) is 0 Å². The van der Waals surface area contributed by atoms with Gasteiger partial charge in [0.25, 0.3) is 5.56 Å². The van der Waals surface area contributed by atoms with E-state index in [1.54, 1.807) is 23.5 Å². The number of ether oxygens (including phenoxy) is 1. The number of rotatable bonds is 3. The van der Waals surface area contributed by atoms with Crippen molar-refractivity contribution in [3.8, 4) is 0 Å². The van der Waals surface area contributed by atoms with Crippen molar-refractivity contribution in [1.29, 1.82) is 0 Å². The third-order valence-corrected chi connectivity index (χ3v) is 7.12. The summed E-state index contributed by atoms with van der Waals surface area (Å²) in [7, 11) is 0. The summed E-state index contributed by atoms with van der Waals surface area (Å²) in [6.07, 6.45) is 3.81. The molecule has 0 spiro atoms. The number of fused-ring (bicyclic) bond motifs is 1. The molecule has 2 aliphatic heterocycles. The quantitative estimate of drug-likeness (QED) is 0.740. The van der Waals surface area contributed by atoms with Crippen LogP contribution in [0.25, 0.3) is 0 Å². The summed E-state index contributed by atoms with van der Waals surface area (Å²) in [4.78, 5) is 18.9. The first kappa shape index (κ1) is 18.9. The molecule has 2 aliphatic rings. The van der Waals surface area contributed by atoms with E-state index in [9.17, 15) is 4.79 Å². The lowest BCUT2D eigenvalue weighted by Gasteiger charge is -2.36. The van der Waals surface area contributed by atoms with E-state index in [1.807, 2.05) is 11.6 Å². The Morgan fingerprint density at radius 2 is 2.07 bits per heavy atom. The third-order valence-electron chi connectivity index (χ3n) is 5.20. The summed E-state index contributed by atoms with van der Waals surface area (Å²) >= 11 is 3.38. The zero-order chi connectivity index (χ0) is 19.2. The largest absolute Gasteiger partial charge is 0.375 e. The van der Waals surface area contributed by atoms with Crippen LogP contribution in [0, 0.1) is 0 Å². The molecule has 2 aromatic rings. The average Bonchev–Trinajstić information content (AvgIpc) is 2.97. The lowest BCUT2D eigenvalue weighted by molar-refractivity contribution is -0.0705. The molecule has 5 nitrogen and oxygen atoms in total. The molecule has 2 unspecified atom stereocenters. The summed E-state index contributed by atoms with van der Waals surface area (Å²) < 4.78 is 7.85. The van der Waals surface area contributed by atoms with Crippen LogP contribution in [0.4, 0.5) is 5.82 Å². The Morgan fingerprint density at radius 1 is 1.33 bits per heavy atom. The van der Waals surface area contributed by atoms with Crippen LogP contribution >= 0.6 is 23.5 Å². The van der Waals surface area contributed by atoms with Crippen LogP contribution in [0.15, 0.2) is 38.9 Å². The van der Waals surface area contributed by atoms with E-state index in [1.165, 1.54) is 4.90 Å². The number of aliphatic imine (C=N–C) groups is 1. The Hall–Kier alpha value is -1.44. The number of hydrogen-bond donors (Lipinski definition) is 1. The molecule has 0 aliphatic carbocycles. The van der Waals surface area contributed by atoms with E-state index >= 15 is 0 Å². The van der Waals surface area contributed by atoms with Gasteiger partial charge in [0.2, 0.25) is 0 Å². The van der Waals surface area contributed by atoms with Gasteiger partial charge in [0, 0.05) is 11.5 Å². The number of nitrogens with zero attached hydrogens (tertiary/aromatic N) is 2. The topological polar surface area (TPSA) is 59.4 Å². The van der Waals surface area contributed by atoms with Gasteiger partial charge in [-0.3, -0.25) is 14.6 Å². The Morgan fingerprint density at radius 3 is 2.74 bits per heavy atom. The lowest BCUT2D eigenvalue weighted by Crippen LogP contribution is -2.35. The molecule has 1 fully saturated rings. The fraction of sp³-hybridized carbons (Fsp3) is 0.500. The van der Waals surface area contributed by atoms with E-state index in [-0.39, 0.29) is 22.5 Å². The number of aromatic amines is 1. The smallest absolute Gasteiger partial charge is 0.271 e. The van der Waals surface area contributed by atoms with Crippen molar-refractivity contribution in [3.05, 3.63) is 45.7 Å². The Labute approximate surface area is 168 Å². The van der Waals surface area contributed by atoms with Gasteiger partial charge in [-0.25, -0.2) is 4.99 Å². The van der Waals surface area contributed by atoms with E-state index in [2.05, 4.69) is 49.5 Å². The summed E-state index contributed by atoms with van der Waals surface area (Å²) in [5, 5.41) is 4.05. The molecule has 27 heavy (non-hydrogen) atoms. The molecule has 1 saturated heterocycles. The summed E-state index contributed by atoms with van der Waals surface area (Å²) in [6.45, 7) is 6.93. The van der Waals surface area contributed by atoms with Gasteiger partial charge in [0.05, 0.1) is 27.5 Å². The normalized spacial score (nSPS) is 24.4. The van der Waals surface area contributed by atoms with Crippen molar-refractivity contribution in [2.45, 2.75) is 55.4 Å². The van der Waals surface area contributed by atoms with Gasteiger partial charge < -0.3 is 4.74 Å². The maximum atomic E-state index is 12.9. The van der Waals surface area contributed by atoms with Crippen LogP contribution in [-0.4, -0.2) is 33.3 Å². The summed E-state index contributed by atoms with van der Waals surface area (Å²) in [5.74, 6) is 0.790. The highest BCUT2D eigenvalue weighted by molar-refractivity contribution is 8.14. The predicted octanol–water partition coefficient (Wildman–Crippen LogP) is 4.91. The predicted molar refractivity (Wildman–Crippen MR) is 114 cm³/mol. The summed E-state index contributed by atoms with van der Waals surface area (Å²) in [5.41, 5.74) is 1.69. The first-order chi connectivity index (χ1) is 12.9. The standard InChI is InChI=1S/C20H25N3O2S2/c1-12-21-18-16(17(27-12)13-5-7-15(26-4)8-6-13)19(24)22-23(18)14-9-10-25-20(2,3)11-14/h5-8,14,17H,9-11H2,1-4H3,(H,22,24). The van der Waals surface area contributed by atoms with Gasteiger partial charge in [-0.1, -0.05) is 23.9 Å². The van der Waals surface area contributed by atoms with Crippen LogP contribution in [0.1, 0.15) is 56.0 Å². The van der Waals surface area contributed by atoms with Gasteiger partial charge in [-0.05, 0) is 57.6 Å². The zero-order valence-electron chi connectivity index (χ0n) is 16.1. The lowest BCUT2D eigenvalue weighted by atomic mass is 9.94. The van der Waals surface area contributed by atoms with Crippen molar-refractivity contribution < 1.29 is 4.74 Å². The fourth-order valence-corrected chi connectivity index (χ4v) is 5.42. The highest BCUT2D eigenvalue weighted by atomic mass is 32.2. The van der Waals surface area contributed by atoms with Crippen molar-refractivity contribution in [1.82, 2.24) is 9.78 Å². The molecule has 2 atom stereocenters. The van der Waals surface area contributed by atoms with Crippen LogP contribution in [0.5, 0.6) is 0 Å². The van der Waals surface area contributed by atoms with E-state index < -0.39 is 0 Å². The molecule has 1 aromatic carbocycles. The number of aromatic nitrogens is 2. The third kappa shape index (κ3) is 3.65. The highest BCUT2D eigenvalue weighted by Crippen LogP contribution is 2.45. The highest BCUT2D eigenvalue weighted by Gasteiger charge is 2.35. The van der Waals surface area contributed by atoms with Gasteiger partial charge in [0.15, 0.2) is 5.82 Å². The van der Waals surface area contributed by atoms with Crippen LogP contribution in [0.3, 0.4) is 0 Å². The molecule has 0 saturated carbocycles. The number of benzene rings is 1. The Balaban J connectivity index is 1.76. The van der Waals surface area contributed by atoms with Crippen molar-refractivity contribution >= 4 is 34.4 Å². The molecular formula is C20H25N3O2S2. The van der Waals surface area contributed by atoms with Crippen LogP contribution in [0.2, 0.25) is 0 Å². The molecule has 0 radical (unpaired) electrons. The molecule has 0 amide bonds. The SMILES string of the molecule is CSc1ccc(C2SC(C)=Nc3c2c(=O)[nH]n3C2CCOC(C)(C)C2)cc1. The monoisotopic (exact) mass is 403 g/mol. The number of nitrogens with one attached hydrogen (secondary N) is 1. The van der Waals surface area contributed by atoms with Crippen molar-refractivity contribution in [3.63, 3.8) is 0 Å². The van der Waals surface area contributed by atoms with Gasteiger partial charge >= 0.3 is 0 Å².